The van der Waals surface area contributed by atoms with Gasteiger partial charge in [0.1, 0.15) is 23.8 Å². The molecular formula is C25H23FN6O2. The average molecular weight is 458 g/mol. The molecule has 2 aliphatic rings. The van der Waals surface area contributed by atoms with E-state index in [1.807, 2.05) is 18.2 Å². The van der Waals surface area contributed by atoms with Crippen molar-refractivity contribution < 1.29 is 9.18 Å². The first kappa shape index (κ1) is 20.9. The molecular weight excluding hydrogens is 435 g/mol. The van der Waals surface area contributed by atoms with Crippen LogP contribution in [0, 0.1) is 17.2 Å². The van der Waals surface area contributed by atoms with Gasteiger partial charge in [-0.2, -0.15) is 5.10 Å². The smallest absolute Gasteiger partial charge is 0.316 e. The third-order valence-corrected chi connectivity index (χ3v) is 6.98. The summed E-state index contributed by atoms with van der Waals surface area (Å²) in [5.41, 5.74) is 1.22. The van der Waals surface area contributed by atoms with Crippen LogP contribution in [-0.2, 0) is 11.2 Å². The normalized spacial score (nSPS) is 20.1. The number of carbonyl (C=O) groups excluding carboxylic acids is 1. The van der Waals surface area contributed by atoms with Crippen LogP contribution >= 0.6 is 0 Å². The van der Waals surface area contributed by atoms with E-state index < -0.39 is 16.9 Å². The predicted octanol–water partition coefficient (Wildman–Crippen LogP) is 2.81. The maximum absolute atomic E-state index is 15.4. The largest absolute Gasteiger partial charge is 0.348 e. The molecule has 2 aromatic carbocycles. The molecule has 2 N–H and O–H groups in total. The molecule has 0 unspecified atom stereocenters. The van der Waals surface area contributed by atoms with Crippen LogP contribution in [0.4, 0.5) is 4.39 Å². The first-order valence-electron chi connectivity index (χ1n) is 11.5. The van der Waals surface area contributed by atoms with Crippen molar-refractivity contribution in [2.45, 2.75) is 25.7 Å². The number of nitrogens with one attached hydrogen (secondary N) is 2. The fraction of sp³-hybridized carbons (Fsp3) is 0.320. The summed E-state index contributed by atoms with van der Waals surface area (Å²) in [6.45, 7) is 1.29. The molecule has 9 heteroatoms. The summed E-state index contributed by atoms with van der Waals surface area (Å²) in [5, 5.41) is 10.8. The second-order valence-electron chi connectivity index (χ2n) is 9.27. The zero-order valence-electron chi connectivity index (χ0n) is 18.4. The minimum atomic E-state index is -0.603. The number of nitrogens with zero attached hydrogens (tertiary/aromatic N) is 4. The summed E-state index contributed by atoms with van der Waals surface area (Å²) in [6.07, 6.45) is 6.03. The van der Waals surface area contributed by atoms with Gasteiger partial charge in [0.05, 0.1) is 11.2 Å². The van der Waals surface area contributed by atoms with Crippen LogP contribution in [0.2, 0.25) is 0 Å². The average Bonchev–Trinajstić information content (AvgIpc) is 3.50. The van der Waals surface area contributed by atoms with E-state index in [-0.39, 0.29) is 17.4 Å². The van der Waals surface area contributed by atoms with E-state index in [4.69, 9.17) is 0 Å². The highest BCUT2D eigenvalue weighted by Gasteiger charge is 2.48. The minimum Gasteiger partial charge on any atom is -0.316 e. The van der Waals surface area contributed by atoms with E-state index in [2.05, 4.69) is 25.5 Å². The highest BCUT2D eigenvalue weighted by atomic mass is 19.1. The third-order valence-electron chi connectivity index (χ3n) is 6.98. The van der Waals surface area contributed by atoms with Crippen LogP contribution in [0.15, 0.2) is 53.7 Å². The standard InChI is InChI=1S/C25H23FN6O2/c26-19-9-16(17-3-4-18-12-28-14-29-20(18)10-17)5-6-21(19)32-22(30-31-24(32)34)11-25(7-8-27-13-25)23(33)15-1-2-15/h3-6,9-10,12,14-15,27H,1-2,7-8,11,13H2,(H,31,34)/t25-/m0/s1. The summed E-state index contributed by atoms with van der Waals surface area (Å²) in [5.74, 6) is 0.159. The Kier molecular flexibility index (Phi) is 4.88. The second kappa shape index (κ2) is 7.95. The Hall–Kier alpha value is -3.72. The molecule has 6 rings (SSSR count). The number of aromatic amines is 1. The number of halogens is 1. The highest BCUT2D eigenvalue weighted by Crippen LogP contribution is 2.42. The van der Waals surface area contributed by atoms with Crippen molar-refractivity contribution in [2.24, 2.45) is 11.3 Å². The Morgan fingerprint density at radius 2 is 2.00 bits per heavy atom. The number of hydrogen-bond acceptors (Lipinski definition) is 6. The summed E-state index contributed by atoms with van der Waals surface area (Å²) < 4.78 is 16.6. The van der Waals surface area contributed by atoms with E-state index >= 15 is 4.39 Å². The van der Waals surface area contributed by atoms with Gasteiger partial charge in [-0.05, 0) is 55.1 Å². The highest BCUT2D eigenvalue weighted by molar-refractivity contribution is 5.89. The molecule has 1 aliphatic carbocycles. The topological polar surface area (TPSA) is 106 Å². The monoisotopic (exact) mass is 458 g/mol. The molecule has 34 heavy (non-hydrogen) atoms. The molecule has 8 nitrogen and oxygen atoms in total. The lowest BCUT2D eigenvalue weighted by atomic mass is 9.77. The van der Waals surface area contributed by atoms with Crippen molar-refractivity contribution in [2.75, 3.05) is 13.1 Å². The fourth-order valence-electron chi connectivity index (χ4n) is 4.99. The maximum Gasteiger partial charge on any atom is 0.348 e. The number of rotatable bonds is 6. The first-order chi connectivity index (χ1) is 16.5. The number of Topliss-reactive ketones (excluding diaryl/α,β-unsaturated/α-hetero) is 1. The van der Waals surface area contributed by atoms with Crippen molar-refractivity contribution in [1.29, 1.82) is 0 Å². The Balaban J connectivity index is 1.36. The summed E-state index contributed by atoms with van der Waals surface area (Å²) in [6, 6.07) is 10.4. The molecule has 4 aromatic rings. The lowest BCUT2D eigenvalue weighted by Gasteiger charge is -2.26. The maximum atomic E-state index is 15.4. The molecule has 0 radical (unpaired) electrons. The molecule has 2 fully saturated rings. The van der Waals surface area contributed by atoms with Crippen molar-refractivity contribution in [3.05, 3.63) is 71.0 Å². The zero-order chi connectivity index (χ0) is 23.3. The summed E-state index contributed by atoms with van der Waals surface area (Å²) >= 11 is 0. The van der Waals surface area contributed by atoms with Crippen LogP contribution in [0.5, 0.6) is 0 Å². The molecule has 2 aromatic heterocycles. The lowest BCUT2D eigenvalue weighted by molar-refractivity contribution is -0.129. The minimum absolute atomic E-state index is 0.0993. The lowest BCUT2D eigenvalue weighted by Crippen LogP contribution is -2.38. The van der Waals surface area contributed by atoms with Crippen LogP contribution in [0.3, 0.4) is 0 Å². The summed E-state index contributed by atoms with van der Waals surface area (Å²) in [7, 11) is 0. The number of aromatic nitrogens is 5. The first-order valence-corrected chi connectivity index (χ1v) is 11.5. The Morgan fingerprint density at radius 1 is 1.18 bits per heavy atom. The Morgan fingerprint density at radius 3 is 2.76 bits per heavy atom. The van der Waals surface area contributed by atoms with Crippen LogP contribution < -0.4 is 11.0 Å². The molecule has 0 spiro atoms. The van der Waals surface area contributed by atoms with E-state index in [0.717, 1.165) is 35.9 Å². The van der Waals surface area contributed by atoms with Crippen LogP contribution in [-0.4, -0.2) is 43.6 Å². The Labute approximate surface area is 194 Å². The number of benzene rings is 2. The molecule has 1 atom stereocenters. The molecule has 0 bridgehead atoms. The molecule has 1 aliphatic heterocycles. The van der Waals surface area contributed by atoms with E-state index in [0.29, 0.717) is 30.8 Å². The molecule has 172 valence electrons. The number of hydrogen-bond donors (Lipinski definition) is 2. The van der Waals surface area contributed by atoms with Gasteiger partial charge < -0.3 is 5.32 Å². The van der Waals surface area contributed by atoms with Gasteiger partial charge in [-0.25, -0.2) is 28.8 Å². The molecule has 3 heterocycles. The van der Waals surface area contributed by atoms with Gasteiger partial charge in [0.25, 0.3) is 0 Å². The van der Waals surface area contributed by atoms with E-state index in [1.54, 1.807) is 18.3 Å². The fourth-order valence-corrected chi connectivity index (χ4v) is 4.99. The number of fused-ring (bicyclic) bond motifs is 1. The molecule has 1 saturated carbocycles. The molecule has 0 amide bonds. The van der Waals surface area contributed by atoms with Gasteiger partial charge in [0.15, 0.2) is 0 Å². The van der Waals surface area contributed by atoms with Gasteiger partial charge in [0.2, 0.25) is 0 Å². The zero-order valence-corrected chi connectivity index (χ0v) is 18.4. The summed E-state index contributed by atoms with van der Waals surface area (Å²) in [4.78, 5) is 34.0. The van der Waals surface area contributed by atoms with E-state index in [9.17, 15) is 9.59 Å². The SMILES string of the molecule is O=C(C1CC1)[C@]1(Cc2n[nH]c(=O)n2-c2ccc(-c3ccc4cncnc4c3)cc2F)CCNC1. The van der Waals surface area contributed by atoms with Crippen molar-refractivity contribution in [1.82, 2.24) is 30.0 Å². The van der Waals surface area contributed by atoms with Gasteiger partial charge >= 0.3 is 5.69 Å². The van der Waals surface area contributed by atoms with Crippen molar-refractivity contribution in [3.8, 4) is 16.8 Å². The third kappa shape index (κ3) is 3.52. The van der Waals surface area contributed by atoms with Gasteiger partial charge in [-0.15, -0.1) is 0 Å². The van der Waals surface area contributed by atoms with Gasteiger partial charge in [-0.3, -0.25) is 4.79 Å². The quantitative estimate of drug-likeness (QED) is 0.460. The molecule has 1 saturated heterocycles. The van der Waals surface area contributed by atoms with Gasteiger partial charge in [0, 0.05) is 35.9 Å². The van der Waals surface area contributed by atoms with Crippen LogP contribution in [0.1, 0.15) is 25.1 Å². The van der Waals surface area contributed by atoms with Crippen LogP contribution in [0.25, 0.3) is 27.7 Å². The van der Waals surface area contributed by atoms with Crippen molar-refractivity contribution >= 4 is 16.7 Å². The second-order valence-corrected chi connectivity index (χ2v) is 9.27. The Bertz CT molecular complexity index is 1470. The number of H-pyrrole nitrogens is 1. The van der Waals surface area contributed by atoms with Gasteiger partial charge in [-0.1, -0.05) is 18.2 Å². The van der Waals surface area contributed by atoms with Crippen molar-refractivity contribution in [3.63, 3.8) is 0 Å². The predicted molar refractivity (Wildman–Crippen MR) is 124 cm³/mol. The number of carbonyl (C=O) groups is 1. The van der Waals surface area contributed by atoms with E-state index in [1.165, 1.54) is 17.0 Å². The number of ketones is 1.